The predicted octanol–water partition coefficient (Wildman–Crippen LogP) is -0.910. The molecule has 0 aromatic rings. The summed E-state index contributed by atoms with van der Waals surface area (Å²) in [6.45, 7) is 4.24. The van der Waals surface area contributed by atoms with Gasteiger partial charge in [0.05, 0.1) is 0 Å². The zero-order valence-electron chi connectivity index (χ0n) is 5.78. The molecule has 0 atom stereocenters. The monoisotopic (exact) mass is 100 g/mol. The van der Waals surface area contributed by atoms with Crippen molar-refractivity contribution in [2.24, 2.45) is 0 Å². The Balaban J connectivity index is 0.000000490. The summed E-state index contributed by atoms with van der Waals surface area (Å²) < 4.78 is 0. The fourth-order valence-corrected chi connectivity index (χ4v) is 0.634. The topological polar surface area (TPSA) is 0 Å². The van der Waals surface area contributed by atoms with Gasteiger partial charge in [-0.25, -0.2) is 11.1 Å². The van der Waals surface area contributed by atoms with Crippen LogP contribution in [0.5, 0.6) is 0 Å². The van der Waals surface area contributed by atoms with Crippen LogP contribution in [0, 0.1) is 6.08 Å². The Morgan fingerprint density at radius 2 is 2.12 bits per heavy atom. The summed E-state index contributed by atoms with van der Waals surface area (Å²) >= 11 is 0. The Bertz CT molecular complexity index is 131. The maximum atomic E-state index is 3.12. The first kappa shape index (κ1) is 8.08. The van der Waals surface area contributed by atoms with Crippen LogP contribution >= 0.6 is 0 Å². The number of rotatable bonds is 0. The Morgan fingerprint density at radius 3 is 2.25 bits per heavy atom. The summed E-state index contributed by atoms with van der Waals surface area (Å²) in [5.41, 5.74) is 2.78. The van der Waals surface area contributed by atoms with Crippen molar-refractivity contribution in [1.82, 2.24) is 0 Å². The standard InChI is InChI=1S/C7H9.Li/c1-6-4-3-5-7(6)2;/h3H,4H2,1-2H3;/q-1;+1. The molecule has 0 N–H and O–H groups in total. The molecule has 0 unspecified atom stereocenters. The van der Waals surface area contributed by atoms with E-state index in [1.807, 2.05) is 0 Å². The third-order valence-corrected chi connectivity index (χ3v) is 1.37. The van der Waals surface area contributed by atoms with Crippen molar-refractivity contribution < 1.29 is 18.9 Å². The smallest absolute Gasteiger partial charge is 0.253 e. The van der Waals surface area contributed by atoms with E-state index >= 15 is 0 Å². The maximum absolute atomic E-state index is 3.12. The predicted molar refractivity (Wildman–Crippen MR) is 30.8 cm³/mol. The van der Waals surface area contributed by atoms with Gasteiger partial charge >= 0.3 is 18.9 Å². The molecule has 8 heavy (non-hydrogen) atoms. The van der Waals surface area contributed by atoms with Gasteiger partial charge in [0.1, 0.15) is 0 Å². The molecule has 0 aromatic carbocycles. The van der Waals surface area contributed by atoms with Crippen LogP contribution in [-0.4, -0.2) is 0 Å². The molecule has 1 aliphatic rings. The van der Waals surface area contributed by atoms with E-state index in [1.54, 1.807) is 0 Å². The largest absolute Gasteiger partial charge is 1.00 e. The number of hydrogen-bond donors (Lipinski definition) is 0. The van der Waals surface area contributed by atoms with Crippen LogP contribution in [-0.2, 0) is 0 Å². The third-order valence-electron chi connectivity index (χ3n) is 1.37. The van der Waals surface area contributed by atoms with Gasteiger partial charge in [-0.15, -0.1) is 6.92 Å². The van der Waals surface area contributed by atoms with Crippen molar-refractivity contribution >= 4 is 0 Å². The van der Waals surface area contributed by atoms with E-state index in [4.69, 9.17) is 0 Å². The van der Waals surface area contributed by atoms with Crippen LogP contribution in [0.15, 0.2) is 17.2 Å². The first-order chi connectivity index (χ1) is 3.30. The third kappa shape index (κ3) is 1.54. The first-order valence-corrected chi connectivity index (χ1v) is 2.55. The fraction of sp³-hybridized carbons (Fsp3) is 0.429. The van der Waals surface area contributed by atoms with E-state index < -0.39 is 0 Å². The van der Waals surface area contributed by atoms with Gasteiger partial charge in [-0.1, -0.05) is 13.3 Å². The van der Waals surface area contributed by atoms with Gasteiger partial charge in [0.25, 0.3) is 0 Å². The Labute approximate surface area is 62.8 Å². The fourth-order valence-electron chi connectivity index (χ4n) is 0.634. The summed E-state index contributed by atoms with van der Waals surface area (Å²) in [6.07, 6.45) is 6.31. The Kier molecular flexibility index (Phi) is 3.20. The van der Waals surface area contributed by atoms with Gasteiger partial charge in [0, 0.05) is 0 Å². The normalized spacial score (nSPS) is 16.8. The van der Waals surface area contributed by atoms with Crippen molar-refractivity contribution in [3.8, 4) is 0 Å². The molecule has 0 aromatic heterocycles. The van der Waals surface area contributed by atoms with E-state index in [9.17, 15) is 0 Å². The molecule has 0 bridgehead atoms. The average Bonchev–Trinajstić information content (AvgIpc) is 1.91. The average molecular weight is 100 g/mol. The summed E-state index contributed by atoms with van der Waals surface area (Å²) in [7, 11) is 0. The maximum Gasteiger partial charge on any atom is 1.00 e. The van der Waals surface area contributed by atoms with Crippen molar-refractivity contribution in [3.05, 3.63) is 23.3 Å². The quantitative estimate of drug-likeness (QED) is 0.273. The van der Waals surface area contributed by atoms with Crippen LogP contribution in [0.25, 0.3) is 0 Å². The molecule has 0 fully saturated rings. The van der Waals surface area contributed by atoms with E-state index in [0.717, 1.165) is 6.42 Å². The van der Waals surface area contributed by atoms with Crippen LogP contribution in [0.2, 0.25) is 0 Å². The van der Waals surface area contributed by atoms with Gasteiger partial charge in [0.2, 0.25) is 0 Å². The number of allylic oxidation sites excluding steroid dienone is 4. The molecule has 0 heterocycles. The van der Waals surface area contributed by atoms with Crippen molar-refractivity contribution in [2.45, 2.75) is 20.3 Å². The van der Waals surface area contributed by atoms with E-state index in [2.05, 4.69) is 26.0 Å². The Hall–Kier alpha value is 0.0774. The van der Waals surface area contributed by atoms with Crippen LogP contribution in [0.3, 0.4) is 0 Å². The minimum atomic E-state index is 0. The molecule has 0 saturated carbocycles. The first-order valence-electron chi connectivity index (χ1n) is 2.55. The second-order valence-electron chi connectivity index (χ2n) is 1.96. The minimum absolute atomic E-state index is 0. The molecule has 0 spiro atoms. The second-order valence-corrected chi connectivity index (χ2v) is 1.96. The van der Waals surface area contributed by atoms with Crippen molar-refractivity contribution in [1.29, 1.82) is 0 Å². The zero-order valence-corrected chi connectivity index (χ0v) is 5.78. The molecule has 0 saturated heterocycles. The van der Waals surface area contributed by atoms with Crippen molar-refractivity contribution in [2.75, 3.05) is 0 Å². The molecular weight excluding hydrogens is 91.0 g/mol. The van der Waals surface area contributed by atoms with Crippen LogP contribution in [0.4, 0.5) is 0 Å². The molecular formula is C7H9Li. The van der Waals surface area contributed by atoms with Crippen molar-refractivity contribution in [3.63, 3.8) is 0 Å². The second kappa shape index (κ2) is 3.17. The molecule has 38 valence electrons. The van der Waals surface area contributed by atoms with Gasteiger partial charge in [0.15, 0.2) is 0 Å². The van der Waals surface area contributed by atoms with Gasteiger partial charge in [-0.05, 0) is 0 Å². The van der Waals surface area contributed by atoms with E-state index in [-0.39, 0.29) is 18.9 Å². The molecule has 1 aliphatic carbocycles. The summed E-state index contributed by atoms with van der Waals surface area (Å²) in [4.78, 5) is 0. The summed E-state index contributed by atoms with van der Waals surface area (Å²) in [5.74, 6) is 0. The van der Waals surface area contributed by atoms with Gasteiger partial charge in [-0.3, -0.25) is 6.08 Å². The van der Waals surface area contributed by atoms with Gasteiger partial charge in [-0.2, -0.15) is 6.08 Å². The van der Waals surface area contributed by atoms with Crippen LogP contribution in [0.1, 0.15) is 20.3 Å². The molecule has 0 amide bonds. The molecule has 1 rings (SSSR count). The minimum Gasteiger partial charge on any atom is -0.253 e. The molecule has 0 nitrogen and oxygen atoms in total. The zero-order chi connectivity index (χ0) is 5.28. The van der Waals surface area contributed by atoms with E-state index in [0.29, 0.717) is 0 Å². The summed E-state index contributed by atoms with van der Waals surface area (Å²) in [6, 6.07) is 0. The molecule has 1 heteroatoms. The number of hydrogen-bond acceptors (Lipinski definition) is 0. The van der Waals surface area contributed by atoms with E-state index in [1.165, 1.54) is 11.1 Å². The summed E-state index contributed by atoms with van der Waals surface area (Å²) in [5, 5.41) is 0. The molecule has 0 aliphatic heterocycles. The SMILES string of the molecule is CC1=C(C)CC=[C-]1.[Li+]. The van der Waals surface area contributed by atoms with Crippen LogP contribution < -0.4 is 18.9 Å². The molecule has 0 radical (unpaired) electrons. The Morgan fingerprint density at radius 1 is 1.50 bits per heavy atom. The van der Waals surface area contributed by atoms with Gasteiger partial charge < -0.3 is 0 Å².